The van der Waals surface area contributed by atoms with Crippen LogP contribution in [0.4, 0.5) is 0 Å². The predicted octanol–water partition coefficient (Wildman–Crippen LogP) is 5.83. The maximum absolute atomic E-state index is 12.1. The Morgan fingerprint density at radius 2 is 1.83 bits per heavy atom. The Kier molecular flexibility index (Phi) is 7.57. The lowest BCUT2D eigenvalue weighted by molar-refractivity contribution is -0.115. The lowest BCUT2D eigenvalue weighted by atomic mass is 10.0. The third kappa shape index (κ3) is 6.33. The highest BCUT2D eigenvalue weighted by Crippen LogP contribution is 2.27. The number of ether oxygens (including phenoxy) is 1. The van der Waals surface area contributed by atoms with Crippen LogP contribution >= 0.6 is 12.2 Å². The number of carbonyl (C=O) groups excluding carboxylic acids is 1. The van der Waals surface area contributed by atoms with Crippen molar-refractivity contribution >= 4 is 40.4 Å². The number of hydrogen-bond acceptors (Lipinski definition) is 5. The molecule has 0 bridgehead atoms. The van der Waals surface area contributed by atoms with Crippen molar-refractivity contribution in [1.82, 2.24) is 15.6 Å². The molecule has 3 aromatic carbocycles. The van der Waals surface area contributed by atoms with E-state index in [-0.39, 0.29) is 11.0 Å². The highest BCUT2D eigenvalue weighted by Gasteiger charge is 2.10. The molecule has 0 aliphatic heterocycles. The summed E-state index contributed by atoms with van der Waals surface area (Å²) in [4.78, 5) is 16.8. The van der Waals surface area contributed by atoms with Crippen LogP contribution in [0.2, 0.25) is 0 Å². The van der Waals surface area contributed by atoms with Crippen LogP contribution < -0.4 is 15.4 Å². The van der Waals surface area contributed by atoms with Crippen LogP contribution in [0.3, 0.4) is 0 Å². The number of nitrogens with one attached hydrogen (secondary N) is 2. The summed E-state index contributed by atoms with van der Waals surface area (Å²) < 4.78 is 11.1. The molecule has 178 valence electrons. The summed E-state index contributed by atoms with van der Waals surface area (Å²) in [6.07, 6.45) is 3.15. The van der Waals surface area contributed by atoms with Gasteiger partial charge in [0, 0.05) is 18.2 Å². The summed E-state index contributed by atoms with van der Waals surface area (Å²) in [6.45, 7) is 4.80. The largest absolute Gasteiger partial charge is 0.497 e. The Hall–Kier alpha value is -3.97. The number of rotatable bonds is 7. The maximum atomic E-state index is 12.1. The lowest BCUT2D eigenvalue weighted by Crippen LogP contribution is -2.37. The molecule has 0 fully saturated rings. The van der Waals surface area contributed by atoms with E-state index in [1.807, 2.05) is 54.6 Å². The van der Waals surface area contributed by atoms with E-state index in [0.717, 1.165) is 33.5 Å². The summed E-state index contributed by atoms with van der Waals surface area (Å²) >= 11 is 5.24. The molecule has 0 aliphatic rings. The maximum Gasteiger partial charge on any atom is 0.250 e. The molecule has 0 aliphatic carbocycles. The van der Waals surface area contributed by atoms with Gasteiger partial charge in [0.1, 0.15) is 11.3 Å². The highest BCUT2D eigenvalue weighted by atomic mass is 32.1. The minimum Gasteiger partial charge on any atom is -0.497 e. The van der Waals surface area contributed by atoms with Gasteiger partial charge in [0.05, 0.1) is 7.11 Å². The standard InChI is InChI=1S/C28H27N3O3S/c1-18(2)22-11-14-25-24(16-22)30-27(34-25)21-9-4-20(5-10-21)17-29-28(35)31-26(32)15-8-19-6-12-23(33-3)13-7-19/h4-16,18H,17H2,1-3H3,(H2,29,31,32,35)/b15-8+. The van der Waals surface area contributed by atoms with Crippen molar-refractivity contribution in [2.45, 2.75) is 26.3 Å². The number of hydrogen-bond donors (Lipinski definition) is 2. The molecule has 0 atom stereocenters. The number of thiocarbonyl (C=S) groups is 1. The summed E-state index contributed by atoms with van der Waals surface area (Å²) in [5.74, 6) is 1.49. The van der Waals surface area contributed by atoms with E-state index < -0.39 is 0 Å². The van der Waals surface area contributed by atoms with Gasteiger partial charge in [-0.1, -0.05) is 44.2 Å². The molecule has 1 aromatic heterocycles. The SMILES string of the molecule is COc1ccc(/C=C/C(=O)NC(=S)NCc2ccc(-c3nc4cc(C(C)C)ccc4o3)cc2)cc1. The van der Waals surface area contributed by atoms with Crippen molar-refractivity contribution in [2.75, 3.05) is 7.11 Å². The Morgan fingerprint density at radius 1 is 1.09 bits per heavy atom. The van der Waals surface area contributed by atoms with E-state index in [1.54, 1.807) is 13.2 Å². The number of carbonyl (C=O) groups is 1. The summed E-state index contributed by atoms with van der Waals surface area (Å²) in [7, 11) is 1.61. The van der Waals surface area contributed by atoms with Gasteiger partial charge in [-0.15, -0.1) is 0 Å². The normalized spacial score (nSPS) is 11.2. The Morgan fingerprint density at radius 3 is 2.51 bits per heavy atom. The number of amides is 1. The first kappa shape index (κ1) is 24.2. The fourth-order valence-corrected chi connectivity index (χ4v) is 3.63. The van der Waals surface area contributed by atoms with Gasteiger partial charge in [-0.3, -0.25) is 10.1 Å². The first-order chi connectivity index (χ1) is 16.9. The second-order valence-corrected chi connectivity index (χ2v) is 8.78. The molecule has 0 unspecified atom stereocenters. The molecule has 1 heterocycles. The molecule has 1 amide bonds. The topological polar surface area (TPSA) is 76.4 Å². The molecule has 4 rings (SSSR count). The second kappa shape index (κ2) is 11.0. The van der Waals surface area contributed by atoms with Crippen LogP contribution in [0.1, 0.15) is 36.5 Å². The molecule has 0 saturated heterocycles. The zero-order valence-electron chi connectivity index (χ0n) is 19.9. The molecule has 7 heteroatoms. The number of methoxy groups -OCH3 is 1. The summed E-state index contributed by atoms with van der Waals surface area (Å²) in [6, 6.07) is 21.4. The van der Waals surface area contributed by atoms with Gasteiger partial charge in [0.2, 0.25) is 11.8 Å². The highest BCUT2D eigenvalue weighted by molar-refractivity contribution is 7.80. The van der Waals surface area contributed by atoms with Crippen molar-refractivity contribution in [3.63, 3.8) is 0 Å². The van der Waals surface area contributed by atoms with Crippen LogP contribution in [0.25, 0.3) is 28.6 Å². The monoisotopic (exact) mass is 485 g/mol. The molecule has 35 heavy (non-hydrogen) atoms. The van der Waals surface area contributed by atoms with Gasteiger partial charge in [-0.25, -0.2) is 4.98 Å². The van der Waals surface area contributed by atoms with Crippen LogP contribution in [0.5, 0.6) is 5.75 Å². The van der Waals surface area contributed by atoms with Crippen LogP contribution in [-0.2, 0) is 11.3 Å². The van der Waals surface area contributed by atoms with E-state index in [9.17, 15) is 4.79 Å². The molecule has 0 spiro atoms. The zero-order valence-corrected chi connectivity index (χ0v) is 20.7. The number of aromatic nitrogens is 1. The fraction of sp³-hybridized carbons (Fsp3) is 0.179. The summed E-state index contributed by atoms with van der Waals surface area (Å²) in [5.41, 5.74) is 5.67. The Bertz CT molecular complexity index is 1360. The molecular weight excluding hydrogens is 458 g/mol. The second-order valence-electron chi connectivity index (χ2n) is 8.38. The average molecular weight is 486 g/mol. The van der Waals surface area contributed by atoms with Gasteiger partial charge < -0.3 is 14.5 Å². The predicted molar refractivity (Wildman–Crippen MR) is 143 cm³/mol. The smallest absolute Gasteiger partial charge is 0.250 e. The van der Waals surface area contributed by atoms with E-state index in [4.69, 9.17) is 21.4 Å². The first-order valence-electron chi connectivity index (χ1n) is 11.3. The van der Waals surface area contributed by atoms with Gasteiger partial charge in [0.15, 0.2) is 10.7 Å². The molecule has 2 N–H and O–H groups in total. The lowest BCUT2D eigenvalue weighted by Gasteiger charge is -2.08. The van der Waals surface area contributed by atoms with Gasteiger partial charge in [-0.2, -0.15) is 0 Å². The number of nitrogens with zero attached hydrogens (tertiary/aromatic N) is 1. The van der Waals surface area contributed by atoms with Gasteiger partial charge in [0.25, 0.3) is 0 Å². The average Bonchev–Trinajstić information content (AvgIpc) is 3.30. The fourth-order valence-electron chi connectivity index (χ4n) is 3.46. The van der Waals surface area contributed by atoms with Crippen molar-refractivity contribution in [2.24, 2.45) is 0 Å². The van der Waals surface area contributed by atoms with Crippen LogP contribution in [0.15, 0.2) is 77.2 Å². The van der Waals surface area contributed by atoms with Crippen molar-refractivity contribution < 1.29 is 13.9 Å². The minimum atomic E-state index is -0.301. The quantitative estimate of drug-likeness (QED) is 0.253. The summed E-state index contributed by atoms with van der Waals surface area (Å²) in [5, 5.41) is 5.97. The molecule has 0 saturated carbocycles. The number of benzene rings is 3. The molecule has 4 aromatic rings. The van der Waals surface area contributed by atoms with E-state index in [1.165, 1.54) is 11.6 Å². The third-order valence-corrected chi connectivity index (χ3v) is 5.76. The third-order valence-electron chi connectivity index (χ3n) is 5.51. The van der Waals surface area contributed by atoms with E-state index in [2.05, 4.69) is 41.6 Å². The molecule has 0 radical (unpaired) electrons. The van der Waals surface area contributed by atoms with Crippen molar-refractivity contribution in [3.05, 3.63) is 89.5 Å². The van der Waals surface area contributed by atoms with Crippen LogP contribution in [0, 0.1) is 0 Å². The zero-order chi connectivity index (χ0) is 24.8. The van der Waals surface area contributed by atoms with Gasteiger partial charge in [-0.05, 0) is 77.3 Å². The number of fused-ring (bicyclic) bond motifs is 1. The van der Waals surface area contributed by atoms with Gasteiger partial charge >= 0.3 is 0 Å². The van der Waals surface area contributed by atoms with E-state index >= 15 is 0 Å². The molecular formula is C28H27N3O3S. The van der Waals surface area contributed by atoms with E-state index in [0.29, 0.717) is 18.4 Å². The van der Waals surface area contributed by atoms with Crippen molar-refractivity contribution in [1.29, 1.82) is 0 Å². The number of oxazole rings is 1. The molecule has 6 nitrogen and oxygen atoms in total. The Balaban J connectivity index is 1.30. The van der Waals surface area contributed by atoms with Crippen molar-refractivity contribution in [3.8, 4) is 17.2 Å². The minimum absolute atomic E-state index is 0.262. The Labute approximate surface area is 210 Å². The first-order valence-corrected chi connectivity index (χ1v) is 11.7. The van der Waals surface area contributed by atoms with Crippen LogP contribution in [-0.4, -0.2) is 23.1 Å².